The highest BCUT2D eigenvalue weighted by atomic mass is 19.1. The Balaban J connectivity index is 1.88. The first kappa shape index (κ1) is 25.8. The molecule has 0 aliphatic carbocycles. The van der Waals surface area contributed by atoms with Gasteiger partial charge in [0.1, 0.15) is 22.4 Å². The summed E-state index contributed by atoms with van der Waals surface area (Å²) < 4.78 is 21.0. The van der Waals surface area contributed by atoms with Crippen LogP contribution in [0, 0.1) is 22.6 Å². The van der Waals surface area contributed by atoms with Crippen LogP contribution in [0.25, 0.3) is 11.0 Å². The smallest absolute Gasteiger partial charge is 0.267 e. The van der Waals surface area contributed by atoms with Crippen molar-refractivity contribution in [1.29, 1.82) is 5.26 Å². The van der Waals surface area contributed by atoms with E-state index in [4.69, 9.17) is 10.00 Å². The van der Waals surface area contributed by atoms with E-state index in [2.05, 4.69) is 16.4 Å². The molecule has 2 aromatic heterocycles. The lowest BCUT2D eigenvalue weighted by molar-refractivity contribution is -0.128. The molecule has 0 spiro atoms. The summed E-state index contributed by atoms with van der Waals surface area (Å²) in [6.45, 7) is 3.69. The number of amides is 1. The van der Waals surface area contributed by atoms with Crippen LogP contribution in [0.15, 0.2) is 35.3 Å². The monoisotopic (exact) mass is 506 g/mol. The van der Waals surface area contributed by atoms with Gasteiger partial charge < -0.3 is 19.7 Å². The number of pyridine rings is 2. The average molecular weight is 507 g/mol. The SMILES string of the molecule is CNC(=O)c1c(O)c2ncc(Cc3ccc(F)cc3)c3c2n(c1=O)CC[C@@H](C(=O)CC(C)(C)CC#N)O3. The second-order valence-corrected chi connectivity index (χ2v) is 9.91. The van der Waals surface area contributed by atoms with Gasteiger partial charge in [-0.2, -0.15) is 5.26 Å². The molecule has 0 bridgehead atoms. The van der Waals surface area contributed by atoms with E-state index in [1.54, 1.807) is 12.1 Å². The van der Waals surface area contributed by atoms with Crippen LogP contribution in [0.1, 0.15) is 54.6 Å². The fourth-order valence-electron chi connectivity index (χ4n) is 4.56. The molecular weight excluding hydrogens is 479 g/mol. The molecule has 0 radical (unpaired) electrons. The summed E-state index contributed by atoms with van der Waals surface area (Å²) >= 11 is 0. The number of halogens is 1. The molecule has 0 unspecified atom stereocenters. The van der Waals surface area contributed by atoms with Gasteiger partial charge in [-0.3, -0.25) is 19.4 Å². The van der Waals surface area contributed by atoms with Crippen LogP contribution in [-0.2, 0) is 17.8 Å². The van der Waals surface area contributed by atoms with E-state index < -0.39 is 34.3 Å². The largest absolute Gasteiger partial charge is 0.505 e. The number of Topliss-reactive ketones (excluding diaryl/α,β-unsaturated/α-hetero) is 1. The number of benzene rings is 1. The number of aromatic nitrogens is 2. The van der Waals surface area contributed by atoms with Gasteiger partial charge in [-0.15, -0.1) is 0 Å². The van der Waals surface area contributed by atoms with Gasteiger partial charge in [0.25, 0.3) is 11.5 Å². The summed E-state index contributed by atoms with van der Waals surface area (Å²) in [5.74, 6) is -1.76. The van der Waals surface area contributed by atoms with Gasteiger partial charge in [0.15, 0.2) is 23.4 Å². The number of carbonyl (C=O) groups excluding carboxylic acids is 2. The number of rotatable bonds is 7. The normalized spacial score (nSPS) is 14.9. The van der Waals surface area contributed by atoms with Crippen LogP contribution in [0.4, 0.5) is 4.39 Å². The molecule has 37 heavy (non-hydrogen) atoms. The first-order valence-electron chi connectivity index (χ1n) is 11.9. The van der Waals surface area contributed by atoms with Crippen molar-refractivity contribution in [3.05, 3.63) is 63.3 Å². The van der Waals surface area contributed by atoms with Gasteiger partial charge >= 0.3 is 0 Å². The predicted molar refractivity (Wildman–Crippen MR) is 133 cm³/mol. The van der Waals surface area contributed by atoms with E-state index in [-0.39, 0.29) is 60.6 Å². The summed E-state index contributed by atoms with van der Waals surface area (Å²) in [4.78, 5) is 43.4. The van der Waals surface area contributed by atoms with E-state index in [0.29, 0.717) is 5.56 Å². The summed E-state index contributed by atoms with van der Waals surface area (Å²) in [6.07, 6.45) is 1.19. The van der Waals surface area contributed by atoms with Crippen molar-refractivity contribution >= 4 is 22.7 Å². The zero-order valence-electron chi connectivity index (χ0n) is 20.8. The highest BCUT2D eigenvalue weighted by Crippen LogP contribution is 2.38. The van der Waals surface area contributed by atoms with Crippen molar-refractivity contribution in [1.82, 2.24) is 14.9 Å². The molecule has 9 nitrogen and oxygen atoms in total. The molecule has 0 saturated carbocycles. The lowest BCUT2D eigenvalue weighted by Crippen LogP contribution is -2.33. The van der Waals surface area contributed by atoms with Crippen LogP contribution >= 0.6 is 0 Å². The first-order valence-corrected chi connectivity index (χ1v) is 11.9. The molecular formula is C27H27FN4O5. The van der Waals surface area contributed by atoms with Crippen molar-refractivity contribution in [3.8, 4) is 17.6 Å². The number of nitrogens with zero attached hydrogens (tertiary/aromatic N) is 3. The Labute approximate surface area is 212 Å². The fourth-order valence-corrected chi connectivity index (χ4v) is 4.56. The number of aryl methyl sites for hydroxylation is 1. The molecule has 1 amide bonds. The standard InChI is InChI=1S/C27H27FN4O5/c1-27(2,9-10-29)13-18(33)19-8-11-32-22-21(23(34)20(26(32)36)25(35)30-3)31-14-16(24(22)37-19)12-15-4-6-17(28)7-5-15/h4-7,14,19,34H,8-9,11-13H2,1-3H3,(H,30,35)/t19-/m0/s1. The van der Waals surface area contributed by atoms with Gasteiger partial charge in [-0.1, -0.05) is 26.0 Å². The van der Waals surface area contributed by atoms with E-state index in [1.807, 2.05) is 13.8 Å². The number of nitrogens with one attached hydrogen (secondary N) is 1. The Bertz CT molecular complexity index is 1490. The predicted octanol–water partition coefficient (Wildman–Crippen LogP) is 3.24. The van der Waals surface area contributed by atoms with Gasteiger partial charge in [-0.05, 0) is 23.1 Å². The van der Waals surface area contributed by atoms with Crippen LogP contribution in [0.5, 0.6) is 11.5 Å². The number of hydrogen-bond donors (Lipinski definition) is 2. The molecule has 2 N–H and O–H groups in total. The van der Waals surface area contributed by atoms with E-state index in [9.17, 15) is 23.9 Å². The highest BCUT2D eigenvalue weighted by Gasteiger charge is 2.34. The van der Waals surface area contributed by atoms with Gasteiger partial charge in [0.2, 0.25) is 0 Å². The number of ketones is 1. The van der Waals surface area contributed by atoms with Crippen LogP contribution in [-0.4, -0.2) is 39.5 Å². The quantitative estimate of drug-likeness (QED) is 0.502. The minimum Gasteiger partial charge on any atom is -0.505 e. The third-order valence-corrected chi connectivity index (χ3v) is 6.48. The van der Waals surface area contributed by atoms with Crippen molar-refractivity contribution in [2.75, 3.05) is 7.05 Å². The summed E-state index contributed by atoms with van der Waals surface area (Å²) in [7, 11) is 1.35. The van der Waals surface area contributed by atoms with Gasteiger partial charge in [-0.25, -0.2) is 4.39 Å². The van der Waals surface area contributed by atoms with Crippen molar-refractivity contribution in [3.63, 3.8) is 0 Å². The molecule has 192 valence electrons. The zero-order chi connectivity index (χ0) is 26.9. The van der Waals surface area contributed by atoms with Crippen LogP contribution in [0.2, 0.25) is 0 Å². The number of aromatic hydroxyl groups is 1. The van der Waals surface area contributed by atoms with E-state index >= 15 is 0 Å². The minimum absolute atomic E-state index is 0.00559. The summed E-state index contributed by atoms with van der Waals surface area (Å²) in [5.41, 5.74) is -0.302. The maximum atomic E-state index is 13.5. The molecule has 0 saturated heterocycles. The second kappa shape index (κ2) is 10.0. The third-order valence-electron chi connectivity index (χ3n) is 6.48. The van der Waals surface area contributed by atoms with Crippen LogP contribution < -0.4 is 15.6 Å². The molecule has 1 aromatic carbocycles. The van der Waals surface area contributed by atoms with E-state index in [0.717, 1.165) is 5.56 Å². The Morgan fingerprint density at radius 2 is 2.03 bits per heavy atom. The Kier molecular flexibility index (Phi) is 6.99. The van der Waals surface area contributed by atoms with Crippen molar-refractivity contribution in [2.45, 2.75) is 52.2 Å². The van der Waals surface area contributed by atoms with Gasteiger partial charge in [0, 0.05) is 51.0 Å². The molecule has 1 atom stereocenters. The Hall–Kier alpha value is -4.26. The Morgan fingerprint density at radius 1 is 1.32 bits per heavy atom. The second-order valence-electron chi connectivity index (χ2n) is 9.91. The number of hydrogen-bond acceptors (Lipinski definition) is 7. The fraction of sp³-hybridized carbons (Fsp3) is 0.370. The average Bonchev–Trinajstić information content (AvgIpc) is 3.05. The third kappa shape index (κ3) is 5.03. The molecule has 1 aliphatic rings. The maximum Gasteiger partial charge on any atom is 0.267 e. The maximum absolute atomic E-state index is 13.5. The zero-order valence-corrected chi connectivity index (χ0v) is 20.8. The van der Waals surface area contributed by atoms with Crippen molar-refractivity contribution < 1.29 is 23.8 Å². The number of ether oxygens (including phenoxy) is 1. The first-order chi connectivity index (χ1) is 17.6. The summed E-state index contributed by atoms with van der Waals surface area (Å²) in [6, 6.07) is 7.95. The molecule has 1 aliphatic heterocycles. The highest BCUT2D eigenvalue weighted by molar-refractivity contribution is 6.02. The summed E-state index contributed by atoms with van der Waals surface area (Å²) in [5, 5.41) is 22.3. The number of nitriles is 1. The molecule has 0 fully saturated rings. The topological polar surface area (TPSA) is 134 Å². The molecule has 3 aromatic rings. The molecule has 3 heterocycles. The van der Waals surface area contributed by atoms with Crippen molar-refractivity contribution in [2.24, 2.45) is 5.41 Å². The molecule has 10 heteroatoms. The minimum atomic E-state index is -0.930. The van der Waals surface area contributed by atoms with E-state index in [1.165, 1.54) is 29.9 Å². The Morgan fingerprint density at radius 3 is 2.68 bits per heavy atom. The number of carbonyl (C=O) groups is 2. The van der Waals surface area contributed by atoms with Gasteiger partial charge in [0.05, 0.1) is 6.07 Å². The lowest BCUT2D eigenvalue weighted by Gasteiger charge is -2.24. The molecule has 4 rings (SSSR count). The lowest BCUT2D eigenvalue weighted by atomic mass is 9.83. The van der Waals surface area contributed by atoms with Crippen LogP contribution in [0.3, 0.4) is 0 Å².